The second-order valence-corrected chi connectivity index (χ2v) is 2.52. The van der Waals surface area contributed by atoms with Gasteiger partial charge >= 0.3 is 6.18 Å². The molecule has 3 nitrogen and oxygen atoms in total. The Bertz CT molecular complexity index is 432. The van der Waals surface area contributed by atoms with Gasteiger partial charge in [0.25, 0.3) is 0 Å². The lowest BCUT2D eigenvalue weighted by molar-refractivity contribution is -0.136. The Morgan fingerprint density at radius 3 is 2.62 bits per heavy atom. The van der Waals surface area contributed by atoms with Crippen LogP contribution in [0.4, 0.5) is 13.2 Å². The van der Waals surface area contributed by atoms with Gasteiger partial charge in [0.05, 0.1) is 17.3 Å². The number of aromatic amines is 1. The Morgan fingerprint density at radius 2 is 1.92 bits per heavy atom. The Kier molecular flexibility index (Phi) is 1.51. The highest BCUT2D eigenvalue weighted by Gasteiger charge is 2.33. The summed E-state index contributed by atoms with van der Waals surface area (Å²) in [5.41, 5.74) is -0.815. The molecule has 0 saturated carbocycles. The first-order chi connectivity index (χ1) is 6.09. The average molecular weight is 187 g/mol. The number of rotatable bonds is 0. The summed E-state index contributed by atoms with van der Waals surface area (Å²) in [6.45, 7) is 0. The molecule has 2 aromatic rings. The molecule has 0 spiro atoms. The maximum absolute atomic E-state index is 12.3. The first-order valence-corrected chi connectivity index (χ1v) is 3.43. The number of hydrogen-bond acceptors (Lipinski definition) is 2. The van der Waals surface area contributed by atoms with Crippen molar-refractivity contribution in [3.8, 4) is 0 Å². The fourth-order valence-electron chi connectivity index (χ4n) is 1.08. The minimum absolute atomic E-state index is 0.0255. The van der Waals surface area contributed by atoms with Gasteiger partial charge in [-0.05, 0) is 0 Å². The lowest BCUT2D eigenvalue weighted by Gasteiger charge is -2.05. The Balaban J connectivity index is 2.75. The molecule has 0 amide bonds. The number of H-pyrrole nitrogens is 1. The molecule has 0 bridgehead atoms. The minimum atomic E-state index is -4.39. The van der Waals surface area contributed by atoms with Crippen LogP contribution in [0.15, 0.2) is 18.6 Å². The number of aromatic nitrogens is 3. The van der Waals surface area contributed by atoms with Crippen LogP contribution in [0, 0.1) is 0 Å². The molecular weight excluding hydrogens is 183 g/mol. The maximum Gasteiger partial charge on any atom is 0.419 e. The van der Waals surface area contributed by atoms with Crippen molar-refractivity contribution < 1.29 is 13.2 Å². The predicted octanol–water partition coefficient (Wildman–Crippen LogP) is 1.98. The molecule has 6 heteroatoms. The first-order valence-electron chi connectivity index (χ1n) is 3.43. The second kappa shape index (κ2) is 2.45. The minimum Gasteiger partial charge on any atom is -0.277 e. The molecule has 1 N–H and O–H groups in total. The van der Waals surface area contributed by atoms with E-state index < -0.39 is 11.7 Å². The van der Waals surface area contributed by atoms with Gasteiger partial charge in [-0.25, -0.2) is 0 Å². The van der Waals surface area contributed by atoms with Gasteiger partial charge in [-0.2, -0.15) is 18.3 Å². The van der Waals surface area contributed by atoms with Crippen LogP contribution in [-0.2, 0) is 6.18 Å². The summed E-state index contributed by atoms with van der Waals surface area (Å²) in [5, 5.41) is 6.15. The highest BCUT2D eigenvalue weighted by atomic mass is 19.4. The Hall–Kier alpha value is -1.59. The predicted molar refractivity (Wildman–Crippen MR) is 38.9 cm³/mol. The molecule has 68 valence electrons. The van der Waals surface area contributed by atoms with E-state index in [1.165, 1.54) is 12.4 Å². The molecule has 0 aliphatic heterocycles. The molecular formula is C7H4F3N3. The standard InChI is InChI=1S/C7H4F3N3/c8-7(9,10)5-3-11-1-4-2-12-13-6(4)5/h1-3H,(H,12,13). The summed E-state index contributed by atoms with van der Waals surface area (Å²) in [4.78, 5) is 3.47. The van der Waals surface area contributed by atoms with Crippen molar-refractivity contribution in [3.63, 3.8) is 0 Å². The molecule has 13 heavy (non-hydrogen) atoms. The quantitative estimate of drug-likeness (QED) is 0.685. The zero-order valence-electron chi connectivity index (χ0n) is 6.26. The number of nitrogens with zero attached hydrogens (tertiary/aromatic N) is 2. The van der Waals surface area contributed by atoms with E-state index in [0.29, 0.717) is 5.39 Å². The zero-order valence-corrected chi connectivity index (χ0v) is 6.26. The van der Waals surface area contributed by atoms with Crippen LogP contribution in [0.2, 0.25) is 0 Å². The summed E-state index contributed by atoms with van der Waals surface area (Å²) in [6.07, 6.45) is -0.981. The number of hydrogen-bond donors (Lipinski definition) is 1. The molecule has 0 fully saturated rings. The van der Waals surface area contributed by atoms with Crippen molar-refractivity contribution in [3.05, 3.63) is 24.2 Å². The molecule has 2 rings (SSSR count). The maximum atomic E-state index is 12.3. The monoisotopic (exact) mass is 187 g/mol. The van der Waals surface area contributed by atoms with E-state index in [4.69, 9.17) is 0 Å². The van der Waals surface area contributed by atoms with E-state index in [1.54, 1.807) is 0 Å². The van der Waals surface area contributed by atoms with Gasteiger partial charge in [-0.15, -0.1) is 0 Å². The van der Waals surface area contributed by atoms with Gasteiger partial charge in [0.2, 0.25) is 0 Å². The van der Waals surface area contributed by atoms with Crippen LogP contribution >= 0.6 is 0 Å². The largest absolute Gasteiger partial charge is 0.419 e. The highest BCUT2D eigenvalue weighted by Crippen LogP contribution is 2.32. The molecule has 0 unspecified atom stereocenters. The lowest BCUT2D eigenvalue weighted by atomic mass is 10.2. The summed E-state index contributed by atoms with van der Waals surface area (Å²) in [7, 11) is 0. The number of fused-ring (bicyclic) bond motifs is 1. The van der Waals surface area contributed by atoms with E-state index in [9.17, 15) is 13.2 Å². The third-order valence-electron chi connectivity index (χ3n) is 1.66. The highest BCUT2D eigenvalue weighted by molar-refractivity contribution is 5.80. The normalized spacial score (nSPS) is 12.2. The van der Waals surface area contributed by atoms with E-state index in [1.807, 2.05) is 0 Å². The lowest BCUT2D eigenvalue weighted by Crippen LogP contribution is -2.06. The number of halogens is 3. The molecule has 0 saturated heterocycles. The molecule has 0 aromatic carbocycles. The zero-order chi connectivity index (χ0) is 9.47. The topological polar surface area (TPSA) is 41.6 Å². The van der Waals surface area contributed by atoms with Gasteiger partial charge in [0, 0.05) is 17.8 Å². The molecule has 0 radical (unpaired) electrons. The van der Waals surface area contributed by atoms with Crippen molar-refractivity contribution >= 4 is 10.9 Å². The SMILES string of the molecule is FC(F)(F)c1cncc2cn[nH]c12. The Morgan fingerprint density at radius 1 is 1.15 bits per heavy atom. The number of pyridine rings is 1. The van der Waals surface area contributed by atoms with Crippen LogP contribution < -0.4 is 0 Å². The van der Waals surface area contributed by atoms with Crippen molar-refractivity contribution in [1.82, 2.24) is 15.2 Å². The summed E-state index contributed by atoms with van der Waals surface area (Å²) in [6, 6.07) is 0. The van der Waals surface area contributed by atoms with Crippen LogP contribution in [0.1, 0.15) is 5.56 Å². The molecule has 0 atom stereocenters. The first kappa shape index (κ1) is 8.03. The fourth-order valence-corrected chi connectivity index (χ4v) is 1.08. The van der Waals surface area contributed by atoms with Gasteiger partial charge in [-0.1, -0.05) is 0 Å². The van der Waals surface area contributed by atoms with E-state index in [-0.39, 0.29) is 5.52 Å². The molecule has 2 heterocycles. The number of nitrogens with one attached hydrogen (secondary N) is 1. The summed E-state index contributed by atoms with van der Waals surface area (Å²) >= 11 is 0. The smallest absolute Gasteiger partial charge is 0.277 e. The third-order valence-corrected chi connectivity index (χ3v) is 1.66. The summed E-state index contributed by atoms with van der Waals surface area (Å²) < 4.78 is 36.9. The van der Waals surface area contributed by atoms with Crippen molar-refractivity contribution in [1.29, 1.82) is 0 Å². The average Bonchev–Trinajstić information content (AvgIpc) is 2.48. The van der Waals surface area contributed by atoms with Crippen molar-refractivity contribution in [2.45, 2.75) is 6.18 Å². The van der Waals surface area contributed by atoms with Gasteiger partial charge < -0.3 is 0 Å². The number of alkyl halides is 3. The Labute approximate surface area is 70.6 Å². The molecule has 2 aromatic heterocycles. The molecule has 0 aliphatic carbocycles. The van der Waals surface area contributed by atoms with E-state index in [2.05, 4.69) is 15.2 Å². The van der Waals surface area contributed by atoms with E-state index in [0.717, 1.165) is 6.20 Å². The van der Waals surface area contributed by atoms with Gasteiger partial charge in [0.1, 0.15) is 0 Å². The molecule has 0 aliphatic rings. The third kappa shape index (κ3) is 1.24. The van der Waals surface area contributed by atoms with Crippen LogP contribution in [0.5, 0.6) is 0 Å². The van der Waals surface area contributed by atoms with Gasteiger partial charge in [0.15, 0.2) is 0 Å². The summed E-state index contributed by atoms with van der Waals surface area (Å²) in [5.74, 6) is 0. The van der Waals surface area contributed by atoms with Crippen molar-refractivity contribution in [2.24, 2.45) is 0 Å². The second-order valence-electron chi connectivity index (χ2n) is 2.52. The van der Waals surface area contributed by atoms with E-state index >= 15 is 0 Å². The van der Waals surface area contributed by atoms with Crippen LogP contribution in [0.3, 0.4) is 0 Å². The fraction of sp³-hybridized carbons (Fsp3) is 0.143. The van der Waals surface area contributed by atoms with Crippen LogP contribution in [0.25, 0.3) is 10.9 Å². The van der Waals surface area contributed by atoms with Crippen molar-refractivity contribution in [2.75, 3.05) is 0 Å². The van der Waals surface area contributed by atoms with Crippen LogP contribution in [-0.4, -0.2) is 15.2 Å². The van der Waals surface area contributed by atoms with Gasteiger partial charge in [-0.3, -0.25) is 10.1 Å².